The molecule has 1 fully saturated rings. The van der Waals surface area contributed by atoms with Gasteiger partial charge in [0, 0.05) is 19.5 Å². The van der Waals surface area contributed by atoms with Crippen LogP contribution in [0.4, 0.5) is 0 Å². The maximum atomic E-state index is 12.4. The van der Waals surface area contributed by atoms with Crippen LogP contribution in [-0.4, -0.2) is 30.0 Å². The number of piperidine rings is 1. The number of carbonyl (C=O) groups excluding carboxylic acids is 1. The van der Waals surface area contributed by atoms with E-state index in [1.165, 1.54) is 0 Å². The number of nitrogens with zero attached hydrogens (tertiary/aromatic N) is 1. The molecule has 2 aliphatic rings. The Bertz CT molecular complexity index is 425. The molecule has 0 N–H and O–H groups in total. The summed E-state index contributed by atoms with van der Waals surface area (Å²) >= 11 is 0. The quantitative estimate of drug-likeness (QED) is 0.759. The van der Waals surface area contributed by atoms with E-state index < -0.39 is 0 Å². The Kier molecular flexibility index (Phi) is 2.98. The molecule has 18 heavy (non-hydrogen) atoms. The van der Waals surface area contributed by atoms with Crippen LogP contribution in [0.15, 0.2) is 24.3 Å². The number of likely N-dealkylation sites (tertiary alicyclic amines) is 1. The third kappa shape index (κ3) is 2.09. The highest BCUT2D eigenvalue weighted by molar-refractivity contribution is 5.82. The van der Waals surface area contributed by atoms with Crippen molar-refractivity contribution < 1.29 is 9.53 Å². The SMILES string of the molecule is CC1CCN(C(=O)C2Cc3ccccc3O2)CC1. The van der Waals surface area contributed by atoms with E-state index >= 15 is 0 Å². The number of hydrogen-bond donors (Lipinski definition) is 0. The molecule has 2 heterocycles. The van der Waals surface area contributed by atoms with Gasteiger partial charge in [0.15, 0.2) is 6.10 Å². The van der Waals surface area contributed by atoms with Crippen molar-refractivity contribution in [2.24, 2.45) is 5.92 Å². The summed E-state index contributed by atoms with van der Waals surface area (Å²) in [5.74, 6) is 1.79. The molecule has 2 aliphatic heterocycles. The van der Waals surface area contributed by atoms with Gasteiger partial charge in [0.25, 0.3) is 5.91 Å². The average molecular weight is 245 g/mol. The summed E-state index contributed by atoms with van der Waals surface area (Å²) in [5.41, 5.74) is 1.15. The summed E-state index contributed by atoms with van der Waals surface area (Å²) in [6, 6.07) is 7.94. The first-order chi connectivity index (χ1) is 8.74. The van der Waals surface area contributed by atoms with Crippen molar-refractivity contribution in [2.75, 3.05) is 13.1 Å². The molecule has 0 radical (unpaired) electrons. The molecular formula is C15H19NO2. The molecular weight excluding hydrogens is 226 g/mol. The van der Waals surface area contributed by atoms with Crippen LogP contribution in [0.5, 0.6) is 5.75 Å². The lowest BCUT2D eigenvalue weighted by atomic mass is 9.98. The van der Waals surface area contributed by atoms with Crippen LogP contribution < -0.4 is 4.74 Å². The van der Waals surface area contributed by atoms with Crippen molar-refractivity contribution in [3.8, 4) is 5.75 Å². The van der Waals surface area contributed by atoms with E-state index in [9.17, 15) is 4.79 Å². The fourth-order valence-electron chi connectivity index (χ4n) is 2.75. The number of benzene rings is 1. The van der Waals surface area contributed by atoms with Crippen molar-refractivity contribution in [3.63, 3.8) is 0 Å². The minimum Gasteiger partial charge on any atom is -0.480 e. The highest BCUT2D eigenvalue weighted by Crippen LogP contribution is 2.29. The first-order valence-corrected chi connectivity index (χ1v) is 6.77. The Hall–Kier alpha value is -1.51. The monoisotopic (exact) mass is 245 g/mol. The predicted molar refractivity (Wildman–Crippen MR) is 69.5 cm³/mol. The standard InChI is InChI=1S/C15H19NO2/c1-11-6-8-16(9-7-11)15(17)14-10-12-4-2-3-5-13(12)18-14/h2-5,11,14H,6-10H2,1H3. The van der Waals surface area contributed by atoms with Gasteiger partial charge in [0.2, 0.25) is 0 Å². The molecule has 1 unspecified atom stereocenters. The van der Waals surface area contributed by atoms with E-state index in [1.807, 2.05) is 29.2 Å². The highest BCUT2D eigenvalue weighted by atomic mass is 16.5. The van der Waals surface area contributed by atoms with Crippen molar-refractivity contribution in [2.45, 2.75) is 32.3 Å². The molecule has 1 saturated heterocycles. The lowest BCUT2D eigenvalue weighted by Crippen LogP contribution is -2.45. The third-order valence-corrected chi connectivity index (χ3v) is 4.02. The van der Waals surface area contributed by atoms with Crippen molar-refractivity contribution in [3.05, 3.63) is 29.8 Å². The van der Waals surface area contributed by atoms with E-state index in [4.69, 9.17) is 4.74 Å². The van der Waals surface area contributed by atoms with Crippen LogP contribution in [0.2, 0.25) is 0 Å². The van der Waals surface area contributed by atoms with E-state index in [1.54, 1.807) is 0 Å². The fourth-order valence-corrected chi connectivity index (χ4v) is 2.75. The first kappa shape index (κ1) is 11.6. The minimum atomic E-state index is -0.296. The third-order valence-electron chi connectivity index (χ3n) is 4.02. The van der Waals surface area contributed by atoms with Crippen LogP contribution in [0, 0.1) is 5.92 Å². The molecule has 3 rings (SSSR count). The Morgan fingerprint density at radius 1 is 1.28 bits per heavy atom. The molecule has 1 amide bonds. The molecule has 1 aromatic carbocycles. The topological polar surface area (TPSA) is 29.5 Å². The zero-order valence-electron chi connectivity index (χ0n) is 10.8. The van der Waals surface area contributed by atoms with E-state index in [-0.39, 0.29) is 12.0 Å². The van der Waals surface area contributed by atoms with Gasteiger partial charge in [-0.2, -0.15) is 0 Å². The number of carbonyl (C=O) groups is 1. The fraction of sp³-hybridized carbons (Fsp3) is 0.533. The summed E-state index contributed by atoms with van der Waals surface area (Å²) in [7, 11) is 0. The van der Waals surface area contributed by atoms with Crippen molar-refractivity contribution in [1.29, 1.82) is 0 Å². The Morgan fingerprint density at radius 3 is 2.72 bits per heavy atom. The second kappa shape index (κ2) is 4.63. The van der Waals surface area contributed by atoms with Gasteiger partial charge in [-0.3, -0.25) is 4.79 Å². The van der Waals surface area contributed by atoms with Crippen LogP contribution in [0.25, 0.3) is 0 Å². The van der Waals surface area contributed by atoms with Crippen LogP contribution in [0.3, 0.4) is 0 Å². The lowest BCUT2D eigenvalue weighted by Gasteiger charge is -2.31. The number of ether oxygens (including phenoxy) is 1. The van der Waals surface area contributed by atoms with Gasteiger partial charge in [0.05, 0.1) is 0 Å². The normalized spacial score (nSPS) is 23.6. The second-order valence-corrected chi connectivity index (χ2v) is 5.43. The molecule has 0 spiro atoms. The summed E-state index contributed by atoms with van der Waals surface area (Å²) < 4.78 is 5.76. The molecule has 0 bridgehead atoms. The Labute approximate surface area is 108 Å². The molecule has 3 nitrogen and oxygen atoms in total. The average Bonchev–Trinajstić information content (AvgIpc) is 2.82. The van der Waals surface area contributed by atoms with Gasteiger partial charge in [-0.15, -0.1) is 0 Å². The van der Waals surface area contributed by atoms with Gasteiger partial charge in [-0.1, -0.05) is 25.1 Å². The maximum absolute atomic E-state index is 12.4. The van der Waals surface area contributed by atoms with Gasteiger partial charge >= 0.3 is 0 Å². The molecule has 3 heteroatoms. The predicted octanol–water partition coefficient (Wildman–Crippen LogP) is 2.25. The van der Waals surface area contributed by atoms with E-state index in [2.05, 4.69) is 6.92 Å². The number of rotatable bonds is 1. The highest BCUT2D eigenvalue weighted by Gasteiger charge is 2.33. The molecule has 0 saturated carbocycles. The Balaban J connectivity index is 1.65. The van der Waals surface area contributed by atoms with Crippen LogP contribution >= 0.6 is 0 Å². The molecule has 1 atom stereocenters. The number of fused-ring (bicyclic) bond motifs is 1. The zero-order chi connectivity index (χ0) is 12.5. The minimum absolute atomic E-state index is 0.165. The van der Waals surface area contributed by atoms with Crippen LogP contribution in [-0.2, 0) is 11.2 Å². The molecule has 0 aromatic heterocycles. The van der Waals surface area contributed by atoms with Crippen LogP contribution in [0.1, 0.15) is 25.3 Å². The van der Waals surface area contributed by atoms with Crippen molar-refractivity contribution >= 4 is 5.91 Å². The number of amides is 1. The van der Waals surface area contributed by atoms with E-state index in [0.717, 1.165) is 49.6 Å². The number of para-hydroxylation sites is 1. The summed E-state index contributed by atoms with van der Waals surface area (Å²) in [6.45, 7) is 4.02. The largest absolute Gasteiger partial charge is 0.480 e. The summed E-state index contributed by atoms with van der Waals surface area (Å²) in [5, 5.41) is 0. The lowest BCUT2D eigenvalue weighted by molar-refractivity contribution is -0.139. The van der Waals surface area contributed by atoms with E-state index in [0.29, 0.717) is 0 Å². The zero-order valence-corrected chi connectivity index (χ0v) is 10.8. The van der Waals surface area contributed by atoms with Gasteiger partial charge in [-0.25, -0.2) is 0 Å². The maximum Gasteiger partial charge on any atom is 0.263 e. The molecule has 1 aromatic rings. The second-order valence-electron chi connectivity index (χ2n) is 5.43. The smallest absolute Gasteiger partial charge is 0.263 e. The molecule has 96 valence electrons. The number of hydrogen-bond acceptors (Lipinski definition) is 2. The molecule has 0 aliphatic carbocycles. The van der Waals surface area contributed by atoms with Crippen molar-refractivity contribution in [1.82, 2.24) is 4.90 Å². The first-order valence-electron chi connectivity index (χ1n) is 6.77. The summed E-state index contributed by atoms with van der Waals surface area (Å²) in [6.07, 6.45) is 2.66. The van der Waals surface area contributed by atoms with Gasteiger partial charge in [-0.05, 0) is 30.4 Å². The van der Waals surface area contributed by atoms with Gasteiger partial charge in [0.1, 0.15) is 5.75 Å². The summed E-state index contributed by atoms with van der Waals surface area (Å²) in [4.78, 5) is 14.3. The Morgan fingerprint density at radius 2 is 2.00 bits per heavy atom. The van der Waals surface area contributed by atoms with Gasteiger partial charge < -0.3 is 9.64 Å².